The molecule has 1 N–H and O–H groups in total. The van der Waals surface area contributed by atoms with Crippen LogP contribution in [0.25, 0.3) is 0 Å². The highest BCUT2D eigenvalue weighted by molar-refractivity contribution is 7.98. The van der Waals surface area contributed by atoms with Crippen LogP contribution in [0, 0.1) is 6.92 Å². The average molecular weight is 290 g/mol. The highest BCUT2D eigenvalue weighted by Gasteiger charge is 2.08. The number of nitrogens with one attached hydrogen (secondary N) is 1. The maximum Gasteiger partial charge on any atom is 0.322 e. The first-order chi connectivity index (χ1) is 9.72. The van der Waals surface area contributed by atoms with E-state index in [1.165, 1.54) is 11.1 Å². The van der Waals surface area contributed by atoms with Crippen molar-refractivity contribution < 1.29 is 4.74 Å². The molecule has 0 unspecified atom stereocenters. The van der Waals surface area contributed by atoms with Gasteiger partial charge in [-0.15, -0.1) is 0 Å². The standard InChI is InChI=1S/C14H18N4OS/c1-4-19-13-16-12(15-3)17-14(18-13)20-9-11-8-6-5-7-10(11)2/h5-8H,4,9H2,1-3H3,(H,15,16,17,18). The molecule has 0 saturated heterocycles. The fourth-order valence-corrected chi connectivity index (χ4v) is 2.52. The van der Waals surface area contributed by atoms with Gasteiger partial charge < -0.3 is 10.1 Å². The topological polar surface area (TPSA) is 59.9 Å². The number of aryl methyl sites for hydroxylation is 1. The van der Waals surface area contributed by atoms with Crippen molar-refractivity contribution in [1.82, 2.24) is 15.0 Å². The zero-order chi connectivity index (χ0) is 14.4. The monoisotopic (exact) mass is 290 g/mol. The lowest BCUT2D eigenvalue weighted by Crippen LogP contribution is -2.04. The number of hydrogen-bond acceptors (Lipinski definition) is 6. The molecule has 0 saturated carbocycles. The Morgan fingerprint density at radius 1 is 1.20 bits per heavy atom. The van der Waals surface area contributed by atoms with Crippen LogP contribution in [-0.4, -0.2) is 28.6 Å². The third kappa shape index (κ3) is 3.84. The van der Waals surface area contributed by atoms with Crippen molar-refractivity contribution in [1.29, 1.82) is 0 Å². The molecule has 6 heteroatoms. The highest BCUT2D eigenvalue weighted by Crippen LogP contribution is 2.23. The maximum absolute atomic E-state index is 5.35. The molecule has 0 radical (unpaired) electrons. The summed E-state index contributed by atoms with van der Waals surface area (Å²) < 4.78 is 5.35. The van der Waals surface area contributed by atoms with Crippen LogP contribution in [0.1, 0.15) is 18.1 Å². The molecule has 0 spiro atoms. The van der Waals surface area contributed by atoms with Crippen LogP contribution in [0.15, 0.2) is 29.4 Å². The number of hydrogen-bond donors (Lipinski definition) is 1. The van der Waals surface area contributed by atoms with Crippen molar-refractivity contribution >= 4 is 17.7 Å². The van der Waals surface area contributed by atoms with Gasteiger partial charge in [-0.05, 0) is 25.0 Å². The van der Waals surface area contributed by atoms with Crippen LogP contribution >= 0.6 is 11.8 Å². The summed E-state index contributed by atoms with van der Waals surface area (Å²) in [7, 11) is 1.78. The van der Waals surface area contributed by atoms with E-state index < -0.39 is 0 Å². The van der Waals surface area contributed by atoms with Crippen molar-refractivity contribution in [2.75, 3.05) is 19.0 Å². The van der Waals surface area contributed by atoms with Crippen LogP contribution in [0.2, 0.25) is 0 Å². The SMILES string of the molecule is CCOc1nc(NC)nc(SCc2ccccc2C)n1. The summed E-state index contributed by atoms with van der Waals surface area (Å²) >= 11 is 1.58. The number of aromatic nitrogens is 3. The average Bonchev–Trinajstić information content (AvgIpc) is 2.46. The van der Waals surface area contributed by atoms with E-state index in [1.807, 2.05) is 19.1 Å². The first-order valence-corrected chi connectivity index (χ1v) is 7.45. The molecule has 0 aliphatic carbocycles. The second-order valence-electron chi connectivity index (χ2n) is 4.12. The summed E-state index contributed by atoms with van der Waals surface area (Å²) in [6, 6.07) is 8.67. The minimum atomic E-state index is 0.360. The summed E-state index contributed by atoms with van der Waals surface area (Å²) in [5, 5.41) is 3.58. The van der Waals surface area contributed by atoms with E-state index in [0.717, 1.165) is 5.75 Å². The van der Waals surface area contributed by atoms with Crippen molar-refractivity contribution in [3.05, 3.63) is 35.4 Å². The molecular weight excluding hydrogens is 272 g/mol. The molecule has 5 nitrogen and oxygen atoms in total. The van der Waals surface area contributed by atoms with E-state index in [4.69, 9.17) is 4.74 Å². The molecule has 0 fully saturated rings. The fraction of sp³-hybridized carbons (Fsp3) is 0.357. The lowest BCUT2D eigenvalue weighted by molar-refractivity contribution is 0.308. The van der Waals surface area contributed by atoms with E-state index in [9.17, 15) is 0 Å². The molecule has 0 atom stereocenters. The van der Waals surface area contributed by atoms with Gasteiger partial charge in [0, 0.05) is 12.8 Å². The largest absolute Gasteiger partial charge is 0.464 e. The van der Waals surface area contributed by atoms with Crippen LogP contribution in [0.5, 0.6) is 6.01 Å². The number of nitrogens with zero attached hydrogens (tertiary/aromatic N) is 3. The third-order valence-corrected chi connectivity index (χ3v) is 3.61. The number of thioether (sulfide) groups is 1. The molecule has 20 heavy (non-hydrogen) atoms. The normalized spacial score (nSPS) is 10.3. The van der Waals surface area contributed by atoms with E-state index in [1.54, 1.807) is 18.8 Å². The second kappa shape index (κ2) is 7.09. The zero-order valence-corrected chi connectivity index (χ0v) is 12.7. The van der Waals surface area contributed by atoms with Gasteiger partial charge in [0.2, 0.25) is 5.95 Å². The Morgan fingerprint density at radius 2 is 2.00 bits per heavy atom. The van der Waals surface area contributed by atoms with E-state index in [2.05, 4.69) is 39.3 Å². The summed E-state index contributed by atoms with van der Waals surface area (Å²) in [5.74, 6) is 1.35. The molecule has 0 aliphatic rings. The summed E-state index contributed by atoms with van der Waals surface area (Å²) in [6.45, 7) is 4.55. The van der Waals surface area contributed by atoms with Gasteiger partial charge in [-0.25, -0.2) is 0 Å². The minimum absolute atomic E-state index is 0.360. The lowest BCUT2D eigenvalue weighted by Gasteiger charge is -2.07. The molecule has 1 aromatic carbocycles. The van der Waals surface area contributed by atoms with Gasteiger partial charge in [-0.2, -0.15) is 15.0 Å². The van der Waals surface area contributed by atoms with Crippen LogP contribution in [0.3, 0.4) is 0 Å². The van der Waals surface area contributed by atoms with Crippen LogP contribution in [0.4, 0.5) is 5.95 Å². The summed E-state index contributed by atoms with van der Waals surface area (Å²) in [5.41, 5.74) is 2.55. The second-order valence-corrected chi connectivity index (χ2v) is 5.06. The number of anilines is 1. The van der Waals surface area contributed by atoms with Gasteiger partial charge in [-0.3, -0.25) is 0 Å². The molecule has 0 bridgehead atoms. The van der Waals surface area contributed by atoms with Crippen molar-refractivity contribution in [3.8, 4) is 6.01 Å². The highest BCUT2D eigenvalue weighted by atomic mass is 32.2. The third-order valence-electron chi connectivity index (χ3n) is 2.71. The van der Waals surface area contributed by atoms with Gasteiger partial charge in [0.25, 0.3) is 0 Å². The lowest BCUT2D eigenvalue weighted by atomic mass is 10.1. The number of ether oxygens (including phenoxy) is 1. The Morgan fingerprint density at radius 3 is 2.70 bits per heavy atom. The first kappa shape index (κ1) is 14.6. The minimum Gasteiger partial charge on any atom is -0.464 e. The fourth-order valence-electron chi connectivity index (χ4n) is 1.62. The Hall–Kier alpha value is -1.82. The molecule has 1 heterocycles. The van der Waals surface area contributed by atoms with Gasteiger partial charge in [0.1, 0.15) is 0 Å². The molecular formula is C14H18N4OS. The Bertz CT molecular complexity index is 577. The number of rotatable bonds is 6. The van der Waals surface area contributed by atoms with E-state index in [0.29, 0.717) is 23.7 Å². The summed E-state index contributed by atoms with van der Waals surface area (Å²) in [6.07, 6.45) is 0. The molecule has 106 valence electrons. The van der Waals surface area contributed by atoms with Gasteiger partial charge in [0.05, 0.1) is 6.61 Å². The number of benzene rings is 1. The van der Waals surface area contributed by atoms with Crippen LogP contribution in [-0.2, 0) is 5.75 Å². The van der Waals surface area contributed by atoms with Crippen LogP contribution < -0.4 is 10.1 Å². The molecule has 2 aromatic rings. The van der Waals surface area contributed by atoms with Crippen molar-refractivity contribution in [2.45, 2.75) is 24.8 Å². The zero-order valence-electron chi connectivity index (χ0n) is 11.9. The molecule has 0 amide bonds. The van der Waals surface area contributed by atoms with E-state index in [-0.39, 0.29) is 0 Å². The van der Waals surface area contributed by atoms with Crippen molar-refractivity contribution in [2.24, 2.45) is 0 Å². The van der Waals surface area contributed by atoms with Gasteiger partial charge in [-0.1, -0.05) is 36.0 Å². The van der Waals surface area contributed by atoms with Gasteiger partial charge in [0.15, 0.2) is 5.16 Å². The van der Waals surface area contributed by atoms with Crippen molar-refractivity contribution in [3.63, 3.8) is 0 Å². The summed E-state index contributed by atoms with van der Waals surface area (Å²) in [4.78, 5) is 12.8. The van der Waals surface area contributed by atoms with Gasteiger partial charge >= 0.3 is 6.01 Å². The molecule has 2 rings (SSSR count). The Labute approximate surface area is 123 Å². The molecule has 1 aromatic heterocycles. The quantitative estimate of drug-likeness (QED) is 0.825. The molecule has 0 aliphatic heterocycles. The Balaban J connectivity index is 2.12. The maximum atomic E-state index is 5.35. The predicted octanol–water partition coefficient (Wildman–Crippen LogP) is 2.91. The van der Waals surface area contributed by atoms with E-state index >= 15 is 0 Å². The first-order valence-electron chi connectivity index (χ1n) is 6.47. The Kier molecular flexibility index (Phi) is 5.17. The smallest absolute Gasteiger partial charge is 0.322 e. The predicted molar refractivity (Wildman–Crippen MR) is 81.3 cm³/mol.